The maximum atomic E-state index is 5.96. The number of pyridine rings is 1. The van der Waals surface area contributed by atoms with Gasteiger partial charge in [0, 0.05) is 36.2 Å². The molecular weight excluding hydrogens is 284 g/mol. The predicted octanol–water partition coefficient (Wildman–Crippen LogP) is 3.69. The van der Waals surface area contributed by atoms with E-state index in [2.05, 4.69) is 80.6 Å². The van der Waals surface area contributed by atoms with Gasteiger partial charge in [0.2, 0.25) is 17.3 Å². The minimum atomic E-state index is -0.312. The molecule has 0 saturated heterocycles. The van der Waals surface area contributed by atoms with E-state index < -0.39 is 0 Å². The quantitative estimate of drug-likeness (QED) is 0.673. The van der Waals surface area contributed by atoms with Crippen molar-refractivity contribution in [2.24, 2.45) is 5.92 Å². The molecule has 1 saturated carbocycles. The Bertz CT molecular complexity index is 752. The maximum absolute atomic E-state index is 5.96. The first kappa shape index (κ1) is 16.2. The highest BCUT2D eigenvalue weighted by molar-refractivity contribution is 5.77. The standard InChI is InChI=1S/C20H27N2O/c1-13(2)17-12-11-16-9-7-8-10-18(16)22(17)19-15(5)20(19,23-6)21-14(3)4/h7-12,14-15,19,21H,1H2,2-6H3/q+1. The lowest BCUT2D eigenvalue weighted by atomic mass is 10.1. The van der Waals surface area contributed by atoms with Gasteiger partial charge in [-0.25, -0.2) is 0 Å². The summed E-state index contributed by atoms with van der Waals surface area (Å²) in [6.07, 6.45) is 0. The fourth-order valence-corrected chi connectivity index (χ4v) is 3.83. The smallest absolute Gasteiger partial charge is 0.213 e. The van der Waals surface area contributed by atoms with Gasteiger partial charge in [0.05, 0.1) is 5.92 Å². The number of fused-ring (bicyclic) bond motifs is 1. The van der Waals surface area contributed by atoms with E-state index in [1.165, 1.54) is 16.6 Å². The molecule has 1 fully saturated rings. The van der Waals surface area contributed by atoms with Gasteiger partial charge in [-0.1, -0.05) is 25.6 Å². The van der Waals surface area contributed by atoms with Gasteiger partial charge in [-0.05, 0) is 32.9 Å². The molecule has 1 aliphatic rings. The van der Waals surface area contributed by atoms with Gasteiger partial charge >= 0.3 is 0 Å². The first-order chi connectivity index (χ1) is 10.9. The molecule has 0 bridgehead atoms. The third-order valence-corrected chi connectivity index (χ3v) is 4.92. The van der Waals surface area contributed by atoms with E-state index >= 15 is 0 Å². The minimum Gasteiger partial charge on any atom is -0.356 e. The van der Waals surface area contributed by atoms with E-state index in [-0.39, 0.29) is 11.8 Å². The van der Waals surface area contributed by atoms with Crippen molar-refractivity contribution in [2.45, 2.75) is 45.5 Å². The number of para-hydroxylation sites is 1. The molecule has 122 valence electrons. The first-order valence-electron chi connectivity index (χ1n) is 8.34. The van der Waals surface area contributed by atoms with Gasteiger partial charge in [0.1, 0.15) is 0 Å². The Balaban J connectivity index is 2.19. The number of nitrogens with one attached hydrogen (secondary N) is 1. The van der Waals surface area contributed by atoms with E-state index in [1.807, 2.05) is 0 Å². The summed E-state index contributed by atoms with van der Waals surface area (Å²) >= 11 is 0. The lowest BCUT2D eigenvalue weighted by Gasteiger charge is -2.19. The van der Waals surface area contributed by atoms with Crippen LogP contribution in [0.3, 0.4) is 0 Å². The van der Waals surface area contributed by atoms with Crippen LogP contribution in [-0.4, -0.2) is 18.9 Å². The predicted molar refractivity (Wildman–Crippen MR) is 95.1 cm³/mol. The van der Waals surface area contributed by atoms with E-state index in [0.717, 1.165) is 5.57 Å². The van der Waals surface area contributed by atoms with Crippen molar-refractivity contribution in [2.75, 3.05) is 7.11 Å². The SMILES string of the molecule is C=C(C)c1ccc2ccccc2[n+]1C1C(C)C1(NC(C)C)OC. The average molecular weight is 311 g/mol. The monoisotopic (exact) mass is 311 g/mol. The van der Waals surface area contributed by atoms with Crippen molar-refractivity contribution in [3.05, 3.63) is 48.7 Å². The Labute approximate surface area is 139 Å². The van der Waals surface area contributed by atoms with Crippen LogP contribution in [0.15, 0.2) is 43.0 Å². The van der Waals surface area contributed by atoms with Gasteiger partial charge < -0.3 is 4.74 Å². The summed E-state index contributed by atoms with van der Waals surface area (Å²) in [5.41, 5.74) is 3.16. The molecule has 3 unspecified atom stereocenters. The minimum absolute atomic E-state index is 0.257. The van der Waals surface area contributed by atoms with Crippen LogP contribution < -0.4 is 9.88 Å². The summed E-state index contributed by atoms with van der Waals surface area (Å²) in [7, 11) is 1.80. The Morgan fingerprint density at radius 1 is 1.26 bits per heavy atom. The molecule has 3 heteroatoms. The second kappa shape index (κ2) is 5.73. The van der Waals surface area contributed by atoms with Crippen LogP contribution in [-0.2, 0) is 4.74 Å². The lowest BCUT2D eigenvalue weighted by molar-refractivity contribution is -0.686. The van der Waals surface area contributed by atoms with Crippen LogP contribution in [0.25, 0.3) is 16.5 Å². The van der Waals surface area contributed by atoms with Crippen LogP contribution in [0.4, 0.5) is 0 Å². The van der Waals surface area contributed by atoms with Crippen LogP contribution in [0.1, 0.15) is 39.4 Å². The van der Waals surface area contributed by atoms with Crippen molar-refractivity contribution < 1.29 is 9.30 Å². The molecular formula is C20H27N2O+. The summed E-state index contributed by atoms with van der Waals surface area (Å²) < 4.78 is 8.36. The summed E-state index contributed by atoms with van der Waals surface area (Å²) in [6, 6.07) is 13.5. The van der Waals surface area contributed by atoms with Crippen molar-refractivity contribution in [3.63, 3.8) is 0 Å². The summed E-state index contributed by atoms with van der Waals surface area (Å²) in [6.45, 7) is 12.8. The third kappa shape index (κ3) is 2.48. The number of allylic oxidation sites excluding steroid dienone is 1. The van der Waals surface area contributed by atoms with Gasteiger partial charge in [-0.3, -0.25) is 5.32 Å². The maximum Gasteiger partial charge on any atom is 0.213 e. The second-order valence-corrected chi connectivity index (χ2v) is 6.96. The Morgan fingerprint density at radius 3 is 2.57 bits per heavy atom. The molecule has 1 aliphatic carbocycles. The van der Waals surface area contributed by atoms with Crippen LogP contribution in [0.2, 0.25) is 0 Å². The zero-order valence-corrected chi connectivity index (χ0v) is 14.8. The number of hydrogen-bond donors (Lipinski definition) is 1. The highest BCUT2D eigenvalue weighted by Gasteiger charge is 2.71. The largest absolute Gasteiger partial charge is 0.356 e. The van der Waals surface area contributed by atoms with Crippen molar-refractivity contribution >= 4 is 16.5 Å². The molecule has 1 aromatic carbocycles. The number of hydrogen-bond acceptors (Lipinski definition) is 2. The third-order valence-electron chi connectivity index (χ3n) is 4.92. The number of aromatic nitrogens is 1. The van der Waals surface area contributed by atoms with Crippen molar-refractivity contribution in [1.82, 2.24) is 5.32 Å². The zero-order valence-electron chi connectivity index (χ0n) is 14.8. The molecule has 3 atom stereocenters. The average Bonchev–Trinajstić information content (AvgIpc) is 3.08. The molecule has 2 aromatic rings. The fraction of sp³-hybridized carbons (Fsp3) is 0.450. The Morgan fingerprint density at radius 2 is 1.96 bits per heavy atom. The highest BCUT2D eigenvalue weighted by atomic mass is 16.5. The molecule has 1 heterocycles. The highest BCUT2D eigenvalue weighted by Crippen LogP contribution is 2.52. The van der Waals surface area contributed by atoms with E-state index in [4.69, 9.17) is 4.74 Å². The Hall–Kier alpha value is -1.71. The molecule has 0 radical (unpaired) electrons. The van der Waals surface area contributed by atoms with E-state index in [9.17, 15) is 0 Å². The number of benzene rings is 1. The zero-order chi connectivity index (χ0) is 16.8. The second-order valence-electron chi connectivity index (χ2n) is 6.96. The van der Waals surface area contributed by atoms with Crippen LogP contribution in [0.5, 0.6) is 0 Å². The lowest BCUT2D eigenvalue weighted by Crippen LogP contribution is -2.48. The molecule has 0 aliphatic heterocycles. The first-order valence-corrected chi connectivity index (χ1v) is 8.34. The molecule has 0 amide bonds. The van der Waals surface area contributed by atoms with Gasteiger partial charge in [-0.15, -0.1) is 0 Å². The van der Waals surface area contributed by atoms with Gasteiger partial charge in [-0.2, -0.15) is 4.57 Å². The molecule has 3 nitrogen and oxygen atoms in total. The normalized spacial score (nSPS) is 26.7. The van der Waals surface area contributed by atoms with Crippen LogP contribution >= 0.6 is 0 Å². The van der Waals surface area contributed by atoms with Crippen molar-refractivity contribution in [1.29, 1.82) is 0 Å². The molecule has 1 aromatic heterocycles. The number of nitrogens with zero attached hydrogens (tertiary/aromatic N) is 1. The molecule has 23 heavy (non-hydrogen) atoms. The van der Waals surface area contributed by atoms with Crippen LogP contribution in [0, 0.1) is 5.92 Å². The summed E-state index contributed by atoms with van der Waals surface area (Å²) in [4.78, 5) is 0. The topological polar surface area (TPSA) is 25.1 Å². The van der Waals surface area contributed by atoms with E-state index in [0.29, 0.717) is 12.0 Å². The van der Waals surface area contributed by atoms with E-state index in [1.54, 1.807) is 7.11 Å². The fourth-order valence-electron chi connectivity index (χ4n) is 3.83. The Kier molecular flexibility index (Phi) is 4.03. The molecule has 0 spiro atoms. The van der Waals surface area contributed by atoms with Gasteiger partial charge in [0.25, 0.3) is 0 Å². The number of rotatable bonds is 5. The molecule has 1 N–H and O–H groups in total. The number of methoxy groups -OCH3 is 1. The van der Waals surface area contributed by atoms with Gasteiger partial charge in [0.15, 0.2) is 5.72 Å². The number of ether oxygens (including phenoxy) is 1. The summed E-state index contributed by atoms with van der Waals surface area (Å²) in [5.74, 6) is 0.392. The summed E-state index contributed by atoms with van der Waals surface area (Å²) in [5, 5.41) is 4.88. The van der Waals surface area contributed by atoms with Crippen molar-refractivity contribution in [3.8, 4) is 0 Å². The molecule has 3 rings (SSSR count).